The van der Waals surface area contributed by atoms with Gasteiger partial charge in [0.25, 0.3) is 0 Å². The minimum absolute atomic E-state index is 0. The van der Waals surface area contributed by atoms with E-state index in [4.69, 9.17) is 5.84 Å². The third kappa shape index (κ3) is 4.74. The van der Waals surface area contributed by atoms with Crippen LogP contribution in [-0.2, 0) is 11.3 Å². The lowest BCUT2D eigenvalue weighted by Gasteiger charge is -2.31. The summed E-state index contributed by atoms with van der Waals surface area (Å²) in [6, 6.07) is 6.88. The number of nitrogens with one attached hydrogen (secondary N) is 1. The number of likely N-dealkylation sites (tertiary alicyclic amines) is 1. The van der Waals surface area contributed by atoms with Gasteiger partial charge in [-0.05, 0) is 37.9 Å². The summed E-state index contributed by atoms with van der Waals surface area (Å²) >= 11 is 0. The number of hydrazine groups is 1. The Morgan fingerprint density at radius 1 is 1.35 bits per heavy atom. The SMILES string of the molecule is Cl.NNC(=O)CC1CCN(Cc2ccccc2F)CC1. The maximum absolute atomic E-state index is 13.5. The van der Waals surface area contributed by atoms with E-state index in [9.17, 15) is 9.18 Å². The molecular weight excluding hydrogens is 281 g/mol. The van der Waals surface area contributed by atoms with Crippen molar-refractivity contribution in [2.45, 2.75) is 25.8 Å². The molecule has 0 radical (unpaired) electrons. The first-order valence-electron chi connectivity index (χ1n) is 6.64. The molecule has 0 saturated carbocycles. The summed E-state index contributed by atoms with van der Waals surface area (Å²) in [5.74, 6) is 5.22. The summed E-state index contributed by atoms with van der Waals surface area (Å²) in [5.41, 5.74) is 2.91. The molecule has 112 valence electrons. The normalized spacial score (nSPS) is 16.5. The van der Waals surface area contributed by atoms with Gasteiger partial charge < -0.3 is 0 Å². The number of rotatable bonds is 4. The van der Waals surface area contributed by atoms with Crippen molar-refractivity contribution < 1.29 is 9.18 Å². The van der Waals surface area contributed by atoms with Crippen molar-refractivity contribution in [3.63, 3.8) is 0 Å². The summed E-state index contributed by atoms with van der Waals surface area (Å²) in [7, 11) is 0. The number of nitrogens with zero attached hydrogens (tertiary/aromatic N) is 1. The van der Waals surface area contributed by atoms with Gasteiger partial charge in [0.2, 0.25) is 5.91 Å². The zero-order valence-corrected chi connectivity index (χ0v) is 12.2. The predicted octanol–water partition coefficient (Wildman–Crippen LogP) is 1.84. The van der Waals surface area contributed by atoms with E-state index in [1.165, 1.54) is 6.07 Å². The fraction of sp³-hybridized carbons (Fsp3) is 0.500. The van der Waals surface area contributed by atoms with Crippen molar-refractivity contribution in [2.24, 2.45) is 11.8 Å². The van der Waals surface area contributed by atoms with E-state index in [0.29, 0.717) is 18.9 Å². The van der Waals surface area contributed by atoms with Gasteiger partial charge in [-0.2, -0.15) is 0 Å². The van der Waals surface area contributed by atoms with Crippen LogP contribution in [0.1, 0.15) is 24.8 Å². The molecule has 0 aromatic heterocycles. The minimum atomic E-state index is -0.146. The van der Waals surface area contributed by atoms with Gasteiger partial charge in [-0.3, -0.25) is 15.1 Å². The van der Waals surface area contributed by atoms with Crippen molar-refractivity contribution in [2.75, 3.05) is 13.1 Å². The summed E-state index contributed by atoms with van der Waals surface area (Å²) in [6.07, 6.45) is 2.41. The fourth-order valence-corrected chi connectivity index (χ4v) is 2.54. The Morgan fingerprint density at radius 3 is 2.60 bits per heavy atom. The molecule has 6 heteroatoms. The summed E-state index contributed by atoms with van der Waals surface area (Å²) < 4.78 is 13.5. The lowest BCUT2D eigenvalue weighted by atomic mass is 9.93. The van der Waals surface area contributed by atoms with Crippen LogP contribution in [0.5, 0.6) is 0 Å². The average molecular weight is 302 g/mol. The first-order chi connectivity index (χ1) is 9.19. The Labute approximate surface area is 124 Å². The van der Waals surface area contributed by atoms with Gasteiger partial charge in [-0.15, -0.1) is 12.4 Å². The molecule has 1 aromatic rings. The quantitative estimate of drug-likeness (QED) is 0.507. The lowest BCUT2D eigenvalue weighted by Crippen LogP contribution is -2.37. The Morgan fingerprint density at radius 2 is 2.00 bits per heavy atom. The highest BCUT2D eigenvalue weighted by Gasteiger charge is 2.21. The first-order valence-corrected chi connectivity index (χ1v) is 6.64. The van der Waals surface area contributed by atoms with Gasteiger partial charge in [-0.25, -0.2) is 10.2 Å². The zero-order chi connectivity index (χ0) is 13.7. The van der Waals surface area contributed by atoms with Gasteiger partial charge in [0.15, 0.2) is 0 Å². The van der Waals surface area contributed by atoms with E-state index in [2.05, 4.69) is 10.3 Å². The third-order valence-electron chi connectivity index (χ3n) is 3.69. The van der Waals surface area contributed by atoms with E-state index in [0.717, 1.165) is 31.5 Å². The van der Waals surface area contributed by atoms with Crippen LogP contribution in [0.25, 0.3) is 0 Å². The van der Waals surface area contributed by atoms with Gasteiger partial charge in [-0.1, -0.05) is 18.2 Å². The van der Waals surface area contributed by atoms with Crippen LogP contribution in [0, 0.1) is 11.7 Å². The molecule has 0 bridgehead atoms. The number of hydrogen-bond donors (Lipinski definition) is 2. The van der Waals surface area contributed by atoms with Crippen LogP contribution >= 0.6 is 12.4 Å². The molecule has 1 heterocycles. The Bertz CT molecular complexity index is 436. The molecule has 1 aliphatic rings. The Hall–Kier alpha value is -1.17. The number of piperidine rings is 1. The Balaban J connectivity index is 0.00000200. The van der Waals surface area contributed by atoms with Crippen LogP contribution in [0.4, 0.5) is 4.39 Å². The number of benzene rings is 1. The zero-order valence-electron chi connectivity index (χ0n) is 11.3. The van der Waals surface area contributed by atoms with Crippen molar-refractivity contribution in [3.8, 4) is 0 Å². The van der Waals surface area contributed by atoms with E-state index < -0.39 is 0 Å². The lowest BCUT2D eigenvalue weighted by molar-refractivity contribution is -0.122. The van der Waals surface area contributed by atoms with Crippen molar-refractivity contribution in [1.29, 1.82) is 0 Å². The number of carbonyl (C=O) groups excluding carboxylic acids is 1. The van der Waals surface area contributed by atoms with Crippen LogP contribution in [0.15, 0.2) is 24.3 Å². The Kier molecular flexibility index (Phi) is 6.91. The number of nitrogens with two attached hydrogens (primary N) is 1. The molecule has 20 heavy (non-hydrogen) atoms. The van der Waals surface area contributed by atoms with Crippen LogP contribution in [-0.4, -0.2) is 23.9 Å². The standard InChI is InChI=1S/C14H20FN3O.ClH/c15-13-4-2-1-3-12(13)10-18-7-5-11(6-8-18)9-14(19)17-16;/h1-4,11H,5-10,16H2,(H,17,19);1H. The summed E-state index contributed by atoms with van der Waals surface area (Å²) in [5, 5.41) is 0. The van der Waals surface area contributed by atoms with Gasteiger partial charge in [0.1, 0.15) is 5.82 Å². The second kappa shape index (κ2) is 8.19. The molecule has 1 amide bonds. The number of hydrogen-bond acceptors (Lipinski definition) is 3. The molecule has 1 aromatic carbocycles. The number of halogens is 2. The molecule has 2 rings (SSSR count). The van der Waals surface area contributed by atoms with Crippen LogP contribution in [0.3, 0.4) is 0 Å². The molecule has 1 saturated heterocycles. The summed E-state index contributed by atoms with van der Waals surface area (Å²) in [4.78, 5) is 13.4. The maximum atomic E-state index is 13.5. The van der Waals surface area contributed by atoms with E-state index in [1.807, 2.05) is 12.1 Å². The van der Waals surface area contributed by atoms with Gasteiger partial charge in [0, 0.05) is 18.5 Å². The predicted molar refractivity (Wildman–Crippen MR) is 78.6 cm³/mol. The largest absolute Gasteiger partial charge is 0.299 e. The molecule has 4 nitrogen and oxygen atoms in total. The highest BCUT2D eigenvalue weighted by molar-refractivity contribution is 5.85. The van der Waals surface area contributed by atoms with Gasteiger partial charge >= 0.3 is 0 Å². The van der Waals surface area contributed by atoms with Crippen molar-refractivity contribution in [3.05, 3.63) is 35.6 Å². The highest BCUT2D eigenvalue weighted by Crippen LogP contribution is 2.22. The second-order valence-corrected chi connectivity index (χ2v) is 5.08. The third-order valence-corrected chi connectivity index (χ3v) is 3.69. The van der Waals surface area contributed by atoms with Gasteiger partial charge in [0.05, 0.1) is 0 Å². The molecule has 0 aliphatic carbocycles. The highest BCUT2D eigenvalue weighted by atomic mass is 35.5. The minimum Gasteiger partial charge on any atom is -0.299 e. The van der Waals surface area contributed by atoms with Crippen LogP contribution < -0.4 is 11.3 Å². The van der Waals surface area contributed by atoms with E-state index in [-0.39, 0.29) is 24.1 Å². The van der Waals surface area contributed by atoms with Crippen molar-refractivity contribution >= 4 is 18.3 Å². The topological polar surface area (TPSA) is 58.4 Å². The molecule has 1 aliphatic heterocycles. The second-order valence-electron chi connectivity index (χ2n) is 5.08. The molecule has 0 unspecified atom stereocenters. The van der Waals surface area contributed by atoms with E-state index in [1.54, 1.807) is 6.07 Å². The number of amides is 1. The monoisotopic (exact) mass is 301 g/mol. The van der Waals surface area contributed by atoms with Crippen molar-refractivity contribution in [1.82, 2.24) is 10.3 Å². The summed E-state index contributed by atoms with van der Waals surface area (Å²) in [6.45, 7) is 2.44. The maximum Gasteiger partial charge on any atom is 0.234 e. The molecule has 1 fully saturated rings. The first kappa shape index (κ1) is 16.9. The van der Waals surface area contributed by atoms with E-state index >= 15 is 0 Å². The molecular formula is C14H21ClFN3O. The smallest absolute Gasteiger partial charge is 0.234 e. The average Bonchev–Trinajstić information content (AvgIpc) is 2.43. The fourth-order valence-electron chi connectivity index (χ4n) is 2.54. The molecule has 3 N–H and O–H groups in total. The molecule has 0 spiro atoms. The van der Waals surface area contributed by atoms with Crippen LogP contribution in [0.2, 0.25) is 0 Å². The number of carbonyl (C=O) groups is 1. The molecule has 0 atom stereocenters.